The predicted octanol–water partition coefficient (Wildman–Crippen LogP) is 2.10. The van der Waals surface area contributed by atoms with Crippen molar-refractivity contribution in [3.05, 3.63) is 0 Å². The molecule has 0 saturated carbocycles. The molecule has 0 aliphatic heterocycles. The smallest absolute Gasteiger partial charge is 0.0728 e. The van der Waals surface area contributed by atoms with Crippen LogP contribution < -0.4 is 0 Å². The molecule has 0 amide bonds. The summed E-state index contributed by atoms with van der Waals surface area (Å²) in [4.78, 5) is 0. The summed E-state index contributed by atoms with van der Waals surface area (Å²) in [7, 11) is 0. The SMILES string of the molecule is C=[P+](S)I. The molecule has 4 heavy (non-hydrogen) atoms. The maximum atomic E-state index is 3.91. The van der Waals surface area contributed by atoms with Gasteiger partial charge in [-0.05, 0) is 0 Å². The fraction of sp³-hybridized carbons (Fsp3) is 0. The minimum absolute atomic E-state index is 0.206. The van der Waals surface area contributed by atoms with Crippen molar-refractivity contribution >= 4 is 45.0 Å². The van der Waals surface area contributed by atoms with Crippen molar-refractivity contribution in [2.75, 3.05) is 0 Å². The van der Waals surface area contributed by atoms with Gasteiger partial charge in [0.1, 0.15) is 0 Å². The number of hydrogen-bond acceptors (Lipinski definition) is 1. The molecule has 1 unspecified atom stereocenters. The Morgan fingerprint density at radius 2 is 2.00 bits per heavy atom. The van der Waals surface area contributed by atoms with E-state index in [1.54, 1.807) is 0 Å². The van der Waals surface area contributed by atoms with E-state index < -0.39 is 0 Å². The Labute approximate surface area is 45.0 Å². The molecule has 0 bridgehead atoms. The number of hydrogen-bond donors (Lipinski definition) is 1. The van der Waals surface area contributed by atoms with Gasteiger partial charge in [0.05, 0.1) is 18.5 Å². The lowest BCUT2D eigenvalue weighted by molar-refractivity contribution is 4.72. The van der Waals surface area contributed by atoms with Gasteiger partial charge in [0, 0.05) is 0 Å². The average molecular weight is 205 g/mol. The predicted molar refractivity (Wildman–Crippen MR) is 37.0 cm³/mol. The van der Waals surface area contributed by atoms with Gasteiger partial charge in [-0.15, -0.1) is 0 Å². The number of halogens is 1. The maximum Gasteiger partial charge on any atom is 0.243 e. The second-order valence-electron chi connectivity index (χ2n) is 0.337. The second kappa shape index (κ2) is 2.49. The van der Waals surface area contributed by atoms with Crippen molar-refractivity contribution in [1.82, 2.24) is 0 Å². The molecule has 24 valence electrons. The molecule has 0 aromatic rings. The third-order valence-electron chi connectivity index (χ3n) is 0. The van der Waals surface area contributed by atoms with Gasteiger partial charge >= 0.3 is 0 Å². The normalized spacial score (nSPS) is 11.0. The molecule has 0 saturated heterocycles. The minimum Gasteiger partial charge on any atom is 0.0728 e. The average Bonchev–Trinajstić information content (AvgIpc) is 0.811. The molecule has 0 aromatic carbocycles. The van der Waals surface area contributed by atoms with E-state index in [1.165, 1.54) is 0 Å². The van der Waals surface area contributed by atoms with Crippen molar-refractivity contribution in [3.63, 3.8) is 0 Å². The van der Waals surface area contributed by atoms with Crippen LogP contribution in [0.1, 0.15) is 0 Å². The van der Waals surface area contributed by atoms with Crippen LogP contribution in [0.4, 0.5) is 0 Å². The molecule has 0 nitrogen and oxygen atoms in total. The highest BCUT2D eigenvalue weighted by atomic mass is 127. The Hall–Kier alpha value is 1.25. The van der Waals surface area contributed by atoms with Crippen molar-refractivity contribution in [2.24, 2.45) is 0 Å². The third kappa shape index (κ3) is 10.5. The summed E-state index contributed by atoms with van der Waals surface area (Å²) in [5.74, 6) is 0. The first kappa shape index (κ1) is 5.25. The topological polar surface area (TPSA) is 0 Å². The van der Waals surface area contributed by atoms with Gasteiger partial charge in [-0.1, -0.05) is 0 Å². The molecule has 0 radical (unpaired) electrons. The lowest BCUT2D eigenvalue weighted by atomic mass is 12.0. The van der Waals surface area contributed by atoms with Crippen LogP contribution in [-0.2, 0) is 0 Å². The highest BCUT2D eigenvalue weighted by molar-refractivity contribution is 14.2. The minimum atomic E-state index is -0.206. The third-order valence-corrected chi connectivity index (χ3v) is 0. The second-order valence-corrected chi connectivity index (χ2v) is 8.24. The maximum absolute atomic E-state index is 3.91. The molecule has 0 aliphatic rings. The van der Waals surface area contributed by atoms with E-state index in [-0.39, 0.29) is 4.39 Å². The fourth-order valence-corrected chi connectivity index (χ4v) is 0. The van der Waals surface area contributed by atoms with Crippen molar-refractivity contribution < 1.29 is 0 Å². The molecular weight excluding hydrogens is 202 g/mol. The standard InChI is InChI=1S/CH3IPS/c1-3(2)4/h4H,1H2/q+1. The first-order chi connectivity index (χ1) is 1.73. The van der Waals surface area contributed by atoms with E-state index >= 15 is 0 Å². The zero-order valence-corrected chi connectivity index (χ0v) is 5.93. The zero-order valence-electron chi connectivity index (χ0n) is 1.98. The molecular formula is CH3IPS+. The summed E-state index contributed by atoms with van der Waals surface area (Å²) in [6, 6.07) is 0. The largest absolute Gasteiger partial charge is 0.243 e. The first-order valence-electron chi connectivity index (χ1n) is 0.685. The lowest BCUT2D eigenvalue weighted by Crippen LogP contribution is -0.987. The molecule has 0 fully saturated rings. The molecule has 3 heteroatoms. The van der Waals surface area contributed by atoms with Crippen LogP contribution in [0.15, 0.2) is 0 Å². The van der Waals surface area contributed by atoms with Crippen LogP contribution in [0.5, 0.6) is 0 Å². The quantitative estimate of drug-likeness (QED) is 0.349. The van der Waals surface area contributed by atoms with Crippen LogP contribution in [0.3, 0.4) is 0 Å². The molecule has 0 aromatic heterocycles. The highest BCUT2D eigenvalue weighted by Gasteiger charge is 1.77. The van der Waals surface area contributed by atoms with Crippen LogP contribution in [0.25, 0.3) is 0 Å². The van der Waals surface area contributed by atoms with Gasteiger partial charge in [0.2, 0.25) is 26.4 Å². The fourth-order valence-electron chi connectivity index (χ4n) is 0. The first-order valence-corrected chi connectivity index (χ1v) is 6.15. The van der Waals surface area contributed by atoms with E-state index in [2.05, 4.69) is 40.6 Å². The highest BCUT2D eigenvalue weighted by Crippen LogP contribution is 2.34. The monoisotopic (exact) mass is 205 g/mol. The van der Waals surface area contributed by atoms with Gasteiger partial charge in [0.15, 0.2) is 0 Å². The van der Waals surface area contributed by atoms with Crippen molar-refractivity contribution in [2.45, 2.75) is 0 Å². The summed E-state index contributed by atoms with van der Waals surface area (Å²) < 4.78 is -0.206. The molecule has 0 aliphatic carbocycles. The summed E-state index contributed by atoms with van der Waals surface area (Å²) in [6.45, 7) is 0. The Morgan fingerprint density at radius 3 is 2.00 bits per heavy atom. The lowest BCUT2D eigenvalue weighted by Gasteiger charge is -1.40. The van der Waals surface area contributed by atoms with Crippen LogP contribution in [0.2, 0.25) is 0 Å². The van der Waals surface area contributed by atoms with Crippen molar-refractivity contribution in [3.8, 4) is 0 Å². The van der Waals surface area contributed by atoms with Crippen LogP contribution >= 0.6 is 38.7 Å². The molecule has 0 heterocycles. The van der Waals surface area contributed by atoms with E-state index in [1.807, 2.05) is 0 Å². The Morgan fingerprint density at radius 1 is 2.00 bits per heavy atom. The van der Waals surface area contributed by atoms with Crippen molar-refractivity contribution in [1.29, 1.82) is 0 Å². The number of rotatable bonds is 0. The Kier molecular flexibility index (Phi) is 3.26. The van der Waals surface area contributed by atoms with Gasteiger partial charge in [-0.2, -0.15) is 0 Å². The Bertz CT molecular complexity index is 31.0. The number of thiol groups is 1. The van der Waals surface area contributed by atoms with E-state index in [0.717, 1.165) is 0 Å². The van der Waals surface area contributed by atoms with Gasteiger partial charge in [-0.3, -0.25) is 0 Å². The van der Waals surface area contributed by atoms with E-state index in [4.69, 9.17) is 0 Å². The van der Waals surface area contributed by atoms with E-state index in [9.17, 15) is 0 Å². The van der Waals surface area contributed by atoms with Crippen LogP contribution in [-0.4, -0.2) is 6.30 Å². The summed E-state index contributed by atoms with van der Waals surface area (Å²) in [6.07, 6.45) is 3.55. The summed E-state index contributed by atoms with van der Waals surface area (Å²) in [5, 5.41) is 0. The Balaban J connectivity index is 2.80. The molecule has 1 atom stereocenters. The molecule has 0 spiro atoms. The molecule has 0 N–H and O–H groups in total. The summed E-state index contributed by atoms with van der Waals surface area (Å²) in [5.41, 5.74) is 0. The van der Waals surface area contributed by atoms with Gasteiger partial charge in [-0.25, -0.2) is 0 Å². The summed E-state index contributed by atoms with van der Waals surface area (Å²) >= 11 is 6.07. The van der Waals surface area contributed by atoms with E-state index in [0.29, 0.717) is 0 Å². The van der Waals surface area contributed by atoms with Gasteiger partial charge in [0.25, 0.3) is 0 Å². The van der Waals surface area contributed by atoms with Crippen LogP contribution in [0, 0.1) is 0 Å². The zero-order chi connectivity index (χ0) is 3.58. The molecule has 0 rings (SSSR count). The van der Waals surface area contributed by atoms with Gasteiger partial charge < -0.3 is 0 Å².